The quantitative estimate of drug-likeness (QED) is 0.450. The van der Waals surface area contributed by atoms with E-state index in [9.17, 15) is 19.2 Å². The van der Waals surface area contributed by atoms with Crippen LogP contribution >= 0.6 is 0 Å². The summed E-state index contributed by atoms with van der Waals surface area (Å²) in [6.45, 7) is 12.9. The van der Waals surface area contributed by atoms with Crippen LogP contribution in [-0.2, 0) is 19.2 Å². The molecule has 0 aliphatic carbocycles. The Labute approximate surface area is 235 Å². The van der Waals surface area contributed by atoms with Gasteiger partial charge < -0.3 is 20.9 Å². The number of carbonyl (C=O) groups is 4. The van der Waals surface area contributed by atoms with Gasteiger partial charge in [-0.25, -0.2) is 0 Å². The van der Waals surface area contributed by atoms with Crippen LogP contribution in [0.4, 0.5) is 0 Å². The number of primary amides is 1. The molecule has 10 heteroatoms. The number of likely N-dealkylation sites (tertiary alicyclic amines) is 3. The molecule has 3 saturated heterocycles. The van der Waals surface area contributed by atoms with Crippen LogP contribution in [0.25, 0.3) is 0 Å². The highest BCUT2D eigenvalue weighted by Gasteiger charge is 2.43. The van der Waals surface area contributed by atoms with Crippen LogP contribution < -0.4 is 11.1 Å². The van der Waals surface area contributed by atoms with Gasteiger partial charge in [-0.15, -0.1) is 0 Å². The van der Waals surface area contributed by atoms with E-state index in [0.717, 1.165) is 51.6 Å². The van der Waals surface area contributed by atoms with Crippen LogP contribution in [0.2, 0.25) is 0 Å². The van der Waals surface area contributed by atoms with E-state index in [1.165, 1.54) is 0 Å². The van der Waals surface area contributed by atoms with Gasteiger partial charge in [0.2, 0.25) is 23.6 Å². The van der Waals surface area contributed by atoms with Crippen molar-refractivity contribution in [3.8, 4) is 0 Å². The summed E-state index contributed by atoms with van der Waals surface area (Å²) in [6, 6.07) is -1.85. The van der Waals surface area contributed by atoms with Gasteiger partial charge in [-0.05, 0) is 70.0 Å². The van der Waals surface area contributed by atoms with Gasteiger partial charge in [-0.3, -0.25) is 29.0 Å². The number of likely N-dealkylation sites (N-methyl/N-ethyl adjacent to an activating group) is 2. The number of nitrogens with one attached hydrogen (secondary N) is 1. The van der Waals surface area contributed by atoms with Crippen molar-refractivity contribution in [2.75, 3.05) is 40.3 Å². The summed E-state index contributed by atoms with van der Waals surface area (Å²) in [5, 5.41) is 3.11. The molecule has 222 valence electrons. The molecule has 5 atom stereocenters. The number of rotatable bonds is 9. The van der Waals surface area contributed by atoms with Gasteiger partial charge in [0.15, 0.2) is 0 Å². The van der Waals surface area contributed by atoms with Gasteiger partial charge >= 0.3 is 0 Å². The second kappa shape index (κ2) is 13.0. The van der Waals surface area contributed by atoms with Crippen LogP contribution in [0.3, 0.4) is 0 Å². The molecule has 3 heterocycles. The number of nitrogens with two attached hydrogens (primary N) is 1. The number of nitrogens with zero attached hydrogens (tertiary/aromatic N) is 4. The van der Waals surface area contributed by atoms with E-state index in [1.807, 2.05) is 34.9 Å². The van der Waals surface area contributed by atoms with E-state index in [4.69, 9.17) is 5.73 Å². The standard InChI is InChI=1S/C29H52N6O4/c1-19(2)23(18-34-16-10-14-22(34)27(38)35-17-11-13-20(35)25(30)36)33(7)28(39)24(29(3,4)5)31-26(37)21-12-8-9-15-32(21)6/h19-24H,8-18H2,1-7H3,(H2,30,36)(H,31,37)/t20?,21?,22-,23+,24?/m0/s1. The predicted molar refractivity (Wildman–Crippen MR) is 152 cm³/mol. The Bertz CT molecular complexity index is 903. The maximum Gasteiger partial charge on any atom is 0.245 e. The first-order chi connectivity index (χ1) is 18.2. The minimum atomic E-state index is -0.663. The molecule has 0 aromatic rings. The van der Waals surface area contributed by atoms with E-state index in [1.54, 1.807) is 9.80 Å². The molecule has 3 N–H and O–H groups in total. The molecule has 3 aliphatic heterocycles. The average molecular weight is 549 g/mol. The van der Waals surface area contributed by atoms with E-state index in [0.29, 0.717) is 19.5 Å². The molecule has 10 nitrogen and oxygen atoms in total. The van der Waals surface area contributed by atoms with E-state index < -0.39 is 23.4 Å². The second-order valence-electron chi connectivity index (χ2n) is 13.3. The van der Waals surface area contributed by atoms with Crippen LogP contribution in [0.5, 0.6) is 0 Å². The van der Waals surface area contributed by atoms with Crippen molar-refractivity contribution in [2.45, 2.75) is 110 Å². The first kappa shape index (κ1) is 31.3. The summed E-state index contributed by atoms with van der Waals surface area (Å²) in [7, 11) is 3.79. The number of hydrogen-bond donors (Lipinski definition) is 2. The topological polar surface area (TPSA) is 119 Å². The fourth-order valence-electron chi connectivity index (χ4n) is 6.52. The Kier molecular flexibility index (Phi) is 10.4. The average Bonchev–Trinajstić information content (AvgIpc) is 3.54. The van der Waals surface area contributed by atoms with Crippen LogP contribution in [-0.4, -0.2) is 114 Å². The van der Waals surface area contributed by atoms with Crippen molar-refractivity contribution >= 4 is 23.6 Å². The van der Waals surface area contributed by atoms with Gasteiger partial charge in [0.1, 0.15) is 12.1 Å². The largest absolute Gasteiger partial charge is 0.368 e. The maximum atomic E-state index is 14.0. The molecule has 3 fully saturated rings. The normalized spacial score (nSPS) is 26.5. The molecular weight excluding hydrogens is 496 g/mol. The molecule has 0 aromatic heterocycles. The van der Waals surface area contributed by atoms with Crippen LogP contribution in [0, 0.1) is 11.3 Å². The third kappa shape index (κ3) is 7.31. The molecule has 0 spiro atoms. The lowest BCUT2D eigenvalue weighted by Gasteiger charge is -2.41. The fraction of sp³-hybridized carbons (Fsp3) is 0.862. The van der Waals surface area contributed by atoms with E-state index in [-0.39, 0.29) is 41.8 Å². The van der Waals surface area contributed by atoms with Crippen molar-refractivity contribution < 1.29 is 19.2 Å². The Morgan fingerprint density at radius 3 is 2.13 bits per heavy atom. The van der Waals surface area contributed by atoms with Gasteiger partial charge in [0.25, 0.3) is 0 Å². The minimum Gasteiger partial charge on any atom is -0.368 e. The zero-order chi connectivity index (χ0) is 29.1. The Balaban J connectivity index is 1.74. The summed E-state index contributed by atoms with van der Waals surface area (Å²) in [5.74, 6) is -0.517. The fourth-order valence-corrected chi connectivity index (χ4v) is 6.52. The lowest BCUT2D eigenvalue weighted by Crippen LogP contribution is -2.61. The molecule has 0 saturated carbocycles. The summed E-state index contributed by atoms with van der Waals surface area (Å²) in [5.41, 5.74) is 5.11. The molecule has 0 bridgehead atoms. The van der Waals surface area contributed by atoms with Crippen LogP contribution in [0.1, 0.15) is 79.6 Å². The van der Waals surface area contributed by atoms with Crippen molar-refractivity contribution in [1.82, 2.24) is 24.9 Å². The molecule has 3 unspecified atom stereocenters. The Morgan fingerprint density at radius 1 is 0.923 bits per heavy atom. The van der Waals surface area contributed by atoms with Gasteiger partial charge in [-0.2, -0.15) is 0 Å². The SMILES string of the molecule is CC(C)[C@@H](CN1CCC[C@H]1C(=O)N1CCCC1C(N)=O)N(C)C(=O)C(NC(=O)C1CCCCN1C)C(C)(C)C. The number of amides is 4. The van der Waals surface area contributed by atoms with Gasteiger partial charge in [0, 0.05) is 26.2 Å². The summed E-state index contributed by atoms with van der Waals surface area (Å²) < 4.78 is 0. The Morgan fingerprint density at radius 2 is 1.54 bits per heavy atom. The second-order valence-corrected chi connectivity index (χ2v) is 13.3. The lowest BCUT2D eigenvalue weighted by molar-refractivity contribution is -0.144. The van der Waals surface area contributed by atoms with Crippen molar-refractivity contribution in [3.05, 3.63) is 0 Å². The van der Waals surface area contributed by atoms with Crippen LogP contribution in [0.15, 0.2) is 0 Å². The lowest BCUT2D eigenvalue weighted by atomic mass is 9.84. The van der Waals surface area contributed by atoms with E-state index >= 15 is 0 Å². The predicted octanol–water partition coefficient (Wildman–Crippen LogP) is 1.43. The first-order valence-electron chi connectivity index (χ1n) is 14.8. The third-order valence-corrected chi connectivity index (χ3v) is 9.02. The summed E-state index contributed by atoms with van der Waals surface area (Å²) in [4.78, 5) is 60.4. The molecule has 3 rings (SSSR count). The molecule has 4 amide bonds. The first-order valence-corrected chi connectivity index (χ1v) is 14.8. The zero-order valence-electron chi connectivity index (χ0n) is 25.2. The maximum absolute atomic E-state index is 14.0. The zero-order valence-corrected chi connectivity index (χ0v) is 25.2. The third-order valence-electron chi connectivity index (χ3n) is 9.02. The number of hydrogen-bond acceptors (Lipinski definition) is 6. The smallest absolute Gasteiger partial charge is 0.245 e. The van der Waals surface area contributed by atoms with Gasteiger partial charge in [0.05, 0.1) is 12.1 Å². The van der Waals surface area contributed by atoms with Crippen molar-refractivity contribution in [1.29, 1.82) is 0 Å². The molecule has 0 radical (unpaired) electrons. The van der Waals surface area contributed by atoms with Crippen molar-refractivity contribution in [2.24, 2.45) is 17.1 Å². The van der Waals surface area contributed by atoms with Crippen molar-refractivity contribution in [3.63, 3.8) is 0 Å². The minimum absolute atomic E-state index is 0.0262. The Hall–Kier alpha value is -2.20. The summed E-state index contributed by atoms with van der Waals surface area (Å²) in [6.07, 6.45) is 5.93. The monoisotopic (exact) mass is 548 g/mol. The molecule has 0 aromatic carbocycles. The van der Waals surface area contributed by atoms with Gasteiger partial charge in [-0.1, -0.05) is 41.0 Å². The molecule has 39 heavy (non-hydrogen) atoms. The molecule has 3 aliphatic rings. The highest BCUT2D eigenvalue weighted by Crippen LogP contribution is 2.28. The summed E-state index contributed by atoms with van der Waals surface area (Å²) >= 11 is 0. The molecular formula is C29H52N6O4. The van der Waals surface area contributed by atoms with E-state index in [2.05, 4.69) is 29.0 Å². The highest BCUT2D eigenvalue weighted by molar-refractivity contribution is 5.91. The number of carbonyl (C=O) groups excluding carboxylic acids is 4. The number of piperidine rings is 1. The highest BCUT2D eigenvalue weighted by atomic mass is 16.2.